The van der Waals surface area contributed by atoms with E-state index in [1.54, 1.807) is 0 Å². The zero-order valence-electron chi connectivity index (χ0n) is 17.7. The number of likely N-dealkylation sites (tertiary alicyclic amines) is 1. The van der Waals surface area contributed by atoms with Crippen molar-refractivity contribution in [1.29, 1.82) is 0 Å². The minimum Gasteiger partial charge on any atom is -0.497 e. The van der Waals surface area contributed by atoms with Gasteiger partial charge in [-0.05, 0) is 57.8 Å². The van der Waals surface area contributed by atoms with Crippen LogP contribution in [0.25, 0.3) is 0 Å². The number of ether oxygens (including phenoxy) is 1. The van der Waals surface area contributed by atoms with Gasteiger partial charge in [-0.15, -0.1) is 0 Å². The van der Waals surface area contributed by atoms with Crippen LogP contribution in [0.2, 0.25) is 0 Å². The van der Waals surface area contributed by atoms with Crippen molar-refractivity contribution in [3.63, 3.8) is 0 Å². The molecule has 2 N–H and O–H groups in total. The minimum atomic E-state index is -4.22. The first-order chi connectivity index (χ1) is 14.0. The number of carbonyl (C=O) groups excluding carboxylic acids is 1. The maximum atomic E-state index is 13.5. The van der Waals surface area contributed by atoms with Crippen molar-refractivity contribution >= 4 is 5.91 Å². The molecule has 0 saturated carbocycles. The Bertz CT molecular complexity index is 702. The third kappa shape index (κ3) is 7.12. The van der Waals surface area contributed by atoms with E-state index < -0.39 is 17.4 Å². The van der Waals surface area contributed by atoms with E-state index in [2.05, 4.69) is 15.5 Å². The van der Waals surface area contributed by atoms with Gasteiger partial charge in [-0.1, -0.05) is 0 Å². The molecule has 0 spiro atoms. The fourth-order valence-corrected chi connectivity index (χ4v) is 3.30. The van der Waals surface area contributed by atoms with Gasteiger partial charge < -0.3 is 20.3 Å². The highest BCUT2D eigenvalue weighted by molar-refractivity contribution is 5.94. The molecule has 1 aliphatic rings. The number of alkyl halides is 3. The summed E-state index contributed by atoms with van der Waals surface area (Å²) in [5.41, 5.74) is -1.53. The highest BCUT2D eigenvalue weighted by Crippen LogP contribution is 2.36. The summed E-state index contributed by atoms with van der Waals surface area (Å²) in [5.74, 6) is -0.259. The maximum Gasteiger partial charge on any atom is 0.395 e. The molecule has 1 saturated heterocycles. The SMILES string of the molecule is COc1cc(F)cc(C(=O)NCC2CCN(CCNCC(C)(C)C(F)(F)F)CC2)c1. The Labute approximate surface area is 175 Å². The first-order valence-electron chi connectivity index (χ1n) is 10.1. The fourth-order valence-electron chi connectivity index (χ4n) is 3.30. The third-order valence-electron chi connectivity index (χ3n) is 5.57. The van der Waals surface area contributed by atoms with Gasteiger partial charge in [-0.3, -0.25) is 4.79 Å². The second-order valence-electron chi connectivity index (χ2n) is 8.43. The molecule has 9 heteroatoms. The molecule has 1 amide bonds. The summed E-state index contributed by atoms with van der Waals surface area (Å²) in [6.45, 7) is 5.64. The first-order valence-corrected chi connectivity index (χ1v) is 10.1. The van der Waals surface area contributed by atoms with E-state index in [-0.39, 0.29) is 18.0 Å². The number of amides is 1. The molecule has 0 unspecified atom stereocenters. The number of piperidine rings is 1. The largest absolute Gasteiger partial charge is 0.497 e. The van der Waals surface area contributed by atoms with Crippen LogP contribution in [-0.4, -0.2) is 63.4 Å². The molecule has 0 radical (unpaired) electrons. The molecule has 1 aromatic rings. The van der Waals surface area contributed by atoms with E-state index in [4.69, 9.17) is 4.74 Å². The van der Waals surface area contributed by atoms with Crippen LogP contribution in [0.15, 0.2) is 18.2 Å². The Hall–Kier alpha value is -1.87. The summed E-state index contributed by atoms with van der Waals surface area (Å²) >= 11 is 0. The molecule has 170 valence electrons. The lowest BCUT2D eigenvalue weighted by molar-refractivity contribution is -0.209. The van der Waals surface area contributed by atoms with E-state index in [9.17, 15) is 22.4 Å². The van der Waals surface area contributed by atoms with Crippen molar-refractivity contribution < 1.29 is 27.1 Å². The predicted molar refractivity (Wildman–Crippen MR) is 107 cm³/mol. The van der Waals surface area contributed by atoms with Crippen LogP contribution in [-0.2, 0) is 0 Å². The summed E-state index contributed by atoms with van der Waals surface area (Å²) in [4.78, 5) is 14.5. The van der Waals surface area contributed by atoms with Crippen molar-refractivity contribution in [3.8, 4) is 5.75 Å². The van der Waals surface area contributed by atoms with Gasteiger partial charge >= 0.3 is 6.18 Å². The average molecular weight is 433 g/mol. The van der Waals surface area contributed by atoms with E-state index in [0.717, 1.165) is 25.9 Å². The fraction of sp³-hybridized carbons (Fsp3) is 0.667. The Morgan fingerprint density at radius 2 is 1.87 bits per heavy atom. The smallest absolute Gasteiger partial charge is 0.395 e. The molecular weight excluding hydrogens is 402 g/mol. The summed E-state index contributed by atoms with van der Waals surface area (Å²) in [6, 6.07) is 3.88. The Morgan fingerprint density at radius 3 is 2.47 bits per heavy atom. The van der Waals surface area contributed by atoms with Crippen LogP contribution >= 0.6 is 0 Å². The van der Waals surface area contributed by atoms with Crippen LogP contribution in [0.1, 0.15) is 37.0 Å². The summed E-state index contributed by atoms with van der Waals surface area (Å²) in [6.07, 6.45) is -2.44. The Kier molecular flexibility index (Phi) is 8.49. The Morgan fingerprint density at radius 1 is 1.20 bits per heavy atom. The number of halogens is 4. The Balaban J connectivity index is 1.66. The van der Waals surface area contributed by atoms with Crippen molar-refractivity contribution in [2.24, 2.45) is 11.3 Å². The molecule has 0 aromatic heterocycles. The van der Waals surface area contributed by atoms with Crippen LogP contribution in [0.4, 0.5) is 17.6 Å². The van der Waals surface area contributed by atoms with Crippen LogP contribution in [0, 0.1) is 17.2 Å². The topological polar surface area (TPSA) is 53.6 Å². The van der Waals surface area contributed by atoms with Crippen molar-refractivity contribution in [3.05, 3.63) is 29.6 Å². The first kappa shape index (κ1) is 24.4. The number of methoxy groups -OCH3 is 1. The number of benzene rings is 1. The van der Waals surface area contributed by atoms with Crippen molar-refractivity contribution in [2.75, 3.05) is 46.4 Å². The van der Waals surface area contributed by atoms with E-state index >= 15 is 0 Å². The lowest BCUT2D eigenvalue weighted by Crippen LogP contribution is -2.45. The minimum absolute atomic E-state index is 0.107. The number of hydrogen-bond donors (Lipinski definition) is 2. The zero-order chi connectivity index (χ0) is 22.4. The summed E-state index contributed by atoms with van der Waals surface area (Å²) in [7, 11) is 1.41. The molecule has 2 rings (SSSR count). The van der Waals surface area contributed by atoms with Gasteiger partial charge in [0.2, 0.25) is 0 Å². The number of nitrogens with one attached hydrogen (secondary N) is 2. The number of carbonyl (C=O) groups is 1. The molecule has 5 nitrogen and oxygen atoms in total. The van der Waals surface area contributed by atoms with Gasteiger partial charge in [0.1, 0.15) is 11.6 Å². The lowest BCUT2D eigenvalue weighted by Gasteiger charge is -2.33. The van der Waals surface area contributed by atoms with Gasteiger partial charge in [-0.2, -0.15) is 13.2 Å². The number of rotatable bonds is 9. The average Bonchev–Trinajstić information content (AvgIpc) is 2.69. The number of hydrogen-bond acceptors (Lipinski definition) is 4. The zero-order valence-corrected chi connectivity index (χ0v) is 17.7. The van der Waals surface area contributed by atoms with E-state index in [1.807, 2.05) is 0 Å². The molecule has 1 aromatic carbocycles. The quantitative estimate of drug-likeness (QED) is 0.463. The molecule has 1 fully saturated rings. The maximum absolute atomic E-state index is 13.5. The highest BCUT2D eigenvalue weighted by Gasteiger charge is 2.46. The van der Waals surface area contributed by atoms with Gasteiger partial charge in [0.15, 0.2) is 0 Å². The van der Waals surface area contributed by atoms with Gasteiger partial charge in [-0.25, -0.2) is 4.39 Å². The van der Waals surface area contributed by atoms with Crippen LogP contribution in [0.5, 0.6) is 5.75 Å². The molecule has 1 aliphatic heterocycles. The van der Waals surface area contributed by atoms with Crippen LogP contribution < -0.4 is 15.4 Å². The van der Waals surface area contributed by atoms with Gasteiger partial charge in [0.25, 0.3) is 5.91 Å². The third-order valence-corrected chi connectivity index (χ3v) is 5.57. The van der Waals surface area contributed by atoms with Gasteiger partial charge in [0.05, 0.1) is 12.5 Å². The molecule has 0 atom stereocenters. The normalized spacial score (nSPS) is 16.5. The van der Waals surface area contributed by atoms with E-state index in [0.29, 0.717) is 31.3 Å². The molecular formula is C21H31F4N3O2. The van der Waals surface area contributed by atoms with Crippen LogP contribution in [0.3, 0.4) is 0 Å². The monoisotopic (exact) mass is 433 g/mol. The summed E-state index contributed by atoms with van der Waals surface area (Å²) in [5, 5.41) is 5.75. The lowest BCUT2D eigenvalue weighted by atomic mass is 9.93. The number of nitrogens with zero attached hydrogens (tertiary/aromatic N) is 1. The molecule has 1 heterocycles. The highest BCUT2D eigenvalue weighted by atomic mass is 19.4. The predicted octanol–water partition coefficient (Wildman–Crippen LogP) is 3.45. The standard InChI is InChI=1S/C21H31F4N3O2/c1-20(2,21(23,24)25)14-26-6-9-28-7-4-15(5-8-28)13-27-19(29)16-10-17(22)12-18(11-16)30-3/h10-12,15,26H,4-9,13-14H2,1-3H3,(H,27,29). The second kappa shape index (κ2) is 10.4. The van der Waals surface area contributed by atoms with E-state index in [1.165, 1.54) is 39.2 Å². The molecule has 30 heavy (non-hydrogen) atoms. The second-order valence-corrected chi connectivity index (χ2v) is 8.43. The van der Waals surface area contributed by atoms with Crippen molar-refractivity contribution in [1.82, 2.24) is 15.5 Å². The summed E-state index contributed by atoms with van der Waals surface area (Å²) < 4.78 is 57.1. The molecule has 0 bridgehead atoms. The van der Waals surface area contributed by atoms with Gasteiger partial charge in [0, 0.05) is 37.8 Å². The van der Waals surface area contributed by atoms with Crippen molar-refractivity contribution in [2.45, 2.75) is 32.9 Å². The molecule has 0 aliphatic carbocycles.